The molecule has 1 unspecified atom stereocenters. The Hall–Kier alpha value is -2.86. The van der Waals surface area contributed by atoms with Gasteiger partial charge in [0.2, 0.25) is 5.91 Å². The van der Waals surface area contributed by atoms with Crippen LogP contribution in [0.5, 0.6) is 0 Å². The van der Waals surface area contributed by atoms with E-state index >= 15 is 0 Å². The summed E-state index contributed by atoms with van der Waals surface area (Å²) in [6.45, 7) is 8.51. The van der Waals surface area contributed by atoms with Crippen molar-refractivity contribution in [3.05, 3.63) is 65.2 Å². The first-order valence-corrected chi connectivity index (χ1v) is 10.1. The second-order valence-corrected chi connectivity index (χ2v) is 7.40. The van der Waals surface area contributed by atoms with E-state index in [1.807, 2.05) is 56.3 Å². The highest BCUT2D eigenvalue weighted by molar-refractivity contribution is 5.95. The van der Waals surface area contributed by atoms with E-state index in [0.29, 0.717) is 32.8 Å². The minimum Gasteiger partial charge on any atom is -0.450 e. The van der Waals surface area contributed by atoms with E-state index in [4.69, 9.17) is 4.74 Å². The lowest BCUT2D eigenvalue weighted by atomic mass is 10.0. The van der Waals surface area contributed by atoms with Crippen molar-refractivity contribution in [1.29, 1.82) is 0 Å². The van der Waals surface area contributed by atoms with Crippen LogP contribution in [0.3, 0.4) is 0 Å². The molecule has 6 heteroatoms. The van der Waals surface area contributed by atoms with Crippen molar-refractivity contribution in [2.24, 2.45) is 0 Å². The zero-order valence-electron chi connectivity index (χ0n) is 17.4. The summed E-state index contributed by atoms with van der Waals surface area (Å²) in [4.78, 5) is 29.1. The number of anilines is 1. The minimum atomic E-state index is -0.415. The number of piperazine rings is 1. The van der Waals surface area contributed by atoms with Crippen LogP contribution in [0.2, 0.25) is 0 Å². The van der Waals surface area contributed by atoms with Gasteiger partial charge in [0.15, 0.2) is 0 Å². The Labute approximate surface area is 172 Å². The SMILES string of the molecule is CCOC(=O)N1CCN(C(C(=O)Nc2cc(C)cc(C)c2)c2ccccc2)CC1. The Balaban J connectivity index is 1.77. The van der Waals surface area contributed by atoms with Gasteiger partial charge in [-0.15, -0.1) is 0 Å². The number of rotatable bonds is 5. The van der Waals surface area contributed by atoms with E-state index in [2.05, 4.69) is 16.3 Å². The van der Waals surface area contributed by atoms with Gasteiger partial charge in [-0.25, -0.2) is 4.79 Å². The Bertz CT molecular complexity index is 825. The molecule has 3 rings (SSSR count). The number of hydrogen-bond donors (Lipinski definition) is 1. The van der Waals surface area contributed by atoms with Gasteiger partial charge in [-0.3, -0.25) is 9.69 Å². The van der Waals surface area contributed by atoms with Gasteiger partial charge in [-0.1, -0.05) is 36.4 Å². The first-order chi connectivity index (χ1) is 14.0. The molecule has 1 aliphatic rings. The van der Waals surface area contributed by atoms with Gasteiger partial charge in [0.25, 0.3) is 0 Å². The molecule has 6 nitrogen and oxygen atoms in total. The lowest BCUT2D eigenvalue weighted by Gasteiger charge is -2.38. The van der Waals surface area contributed by atoms with Crippen LogP contribution in [0.25, 0.3) is 0 Å². The van der Waals surface area contributed by atoms with Gasteiger partial charge >= 0.3 is 6.09 Å². The van der Waals surface area contributed by atoms with Crippen LogP contribution in [0, 0.1) is 13.8 Å². The van der Waals surface area contributed by atoms with Crippen molar-refractivity contribution in [1.82, 2.24) is 9.80 Å². The lowest BCUT2D eigenvalue weighted by molar-refractivity contribution is -0.122. The molecule has 2 aromatic carbocycles. The zero-order chi connectivity index (χ0) is 20.8. The fourth-order valence-electron chi connectivity index (χ4n) is 3.80. The summed E-state index contributed by atoms with van der Waals surface area (Å²) in [5.41, 5.74) is 3.97. The Morgan fingerprint density at radius 2 is 1.62 bits per heavy atom. The second kappa shape index (κ2) is 9.56. The molecule has 0 spiro atoms. The topological polar surface area (TPSA) is 61.9 Å². The number of amides is 2. The van der Waals surface area contributed by atoms with Crippen LogP contribution in [0.4, 0.5) is 10.5 Å². The number of aryl methyl sites for hydroxylation is 2. The molecule has 29 heavy (non-hydrogen) atoms. The molecular weight excluding hydrogens is 366 g/mol. The summed E-state index contributed by atoms with van der Waals surface area (Å²) >= 11 is 0. The molecule has 2 aromatic rings. The third kappa shape index (κ3) is 5.35. The highest BCUT2D eigenvalue weighted by Crippen LogP contribution is 2.25. The molecule has 0 bridgehead atoms. The molecule has 1 fully saturated rings. The van der Waals surface area contributed by atoms with Crippen molar-refractivity contribution >= 4 is 17.7 Å². The van der Waals surface area contributed by atoms with Crippen LogP contribution >= 0.6 is 0 Å². The number of nitrogens with zero attached hydrogens (tertiary/aromatic N) is 2. The predicted molar refractivity (Wildman–Crippen MR) is 114 cm³/mol. The fourth-order valence-corrected chi connectivity index (χ4v) is 3.80. The molecule has 1 heterocycles. The third-order valence-electron chi connectivity index (χ3n) is 5.06. The number of carbonyl (C=O) groups excluding carboxylic acids is 2. The first kappa shape index (κ1) is 20.9. The summed E-state index contributed by atoms with van der Waals surface area (Å²) in [5.74, 6) is -0.0641. The molecule has 154 valence electrons. The summed E-state index contributed by atoms with van der Waals surface area (Å²) in [6.07, 6.45) is -0.289. The third-order valence-corrected chi connectivity index (χ3v) is 5.06. The van der Waals surface area contributed by atoms with Crippen LogP contribution in [0.15, 0.2) is 48.5 Å². The maximum Gasteiger partial charge on any atom is 0.409 e. The van der Waals surface area contributed by atoms with Crippen molar-refractivity contribution < 1.29 is 14.3 Å². The fraction of sp³-hybridized carbons (Fsp3) is 0.391. The molecule has 1 N–H and O–H groups in total. The van der Waals surface area contributed by atoms with Gasteiger partial charge in [0, 0.05) is 31.9 Å². The predicted octanol–water partition coefficient (Wildman–Crippen LogP) is 3.76. The normalized spacial score (nSPS) is 15.6. The number of ether oxygens (including phenoxy) is 1. The average Bonchev–Trinajstić information content (AvgIpc) is 2.69. The van der Waals surface area contributed by atoms with E-state index in [1.54, 1.807) is 11.8 Å². The number of hydrogen-bond acceptors (Lipinski definition) is 4. The van der Waals surface area contributed by atoms with E-state index < -0.39 is 6.04 Å². The van der Waals surface area contributed by atoms with Gasteiger partial charge < -0.3 is 15.0 Å². The molecule has 1 saturated heterocycles. The highest BCUT2D eigenvalue weighted by atomic mass is 16.6. The van der Waals surface area contributed by atoms with Gasteiger partial charge in [-0.05, 0) is 49.6 Å². The minimum absolute atomic E-state index is 0.0641. The van der Waals surface area contributed by atoms with Crippen LogP contribution < -0.4 is 5.32 Å². The molecule has 0 radical (unpaired) electrons. The average molecular weight is 396 g/mol. The Morgan fingerprint density at radius 3 is 2.21 bits per heavy atom. The standard InChI is InChI=1S/C23H29N3O3/c1-4-29-23(28)26-12-10-25(11-13-26)21(19-8-6-5-7-9-19)22(27)24-20-15-17(2)14-18(3)16-20/h5-9,14-16,21H,4,10-13H2,1-3H3,(H,24,27). The van der Waals surface area contributed by atoms with E-state index in [9.17, 15) is 9.59 Å². The summed E-state index contributed by atoms with van der Waals surface area (Å²) in [5, 5.41) is 3.09. The van der Waals surface area contributed by atoms with Gasteiger partial charge in [-0.2, -0.15) is 0 Å². The summed E-state index contributed by atoms with van der Waals surface area (Å²) in [7, 11) is 0. The van der Waals surface area contributed by atoms with Crippen LogP contribution in [-0.4, -0.2) is 54.6 Å². The van der Waals surface area contributed by atoms with Crippen molar-refractivity contribution in [3.8, 4) is 0 Å². The van der Waals surface area contributed by atoms with E-state index in [0.717, 1.165) is 22.4 Å². The summed E-state index contributed by atoms with van der Waals surface area (Å²) < 4.78 is 5.10. The monoisotopic (exact) mass is 395 g/mol. The molecule has 2 amide bonds. The van der Waals surface area contributed by atoms with E-state index in [-0.39, 0.29) is 12.0 Å². The van der Waals surface area contributed by atoms with Crippen molar-refractivity contribution in [2.75, 3.05) is 38.1 Å². The largest absolute Gasteiger partial charge is 0.450 e. The molecule has 0 aliphatic carbocycles. The maximum atomic E-state index is 13.3. The first-order valence-electron chi connectivity index (χ1n) is 10.1. The maximum absolute atomic E-state index is 13.3. The zero-order valence-corrected chi connectivity index (χ0v) is 17.4. The number of benzene rings is 2. The van der Waals surface area contributed by atoms with Gasteiger partial charge in [0.1, 0.15) is 6.04 Å². The van der Waals surface area contributed by atoms with Crippen LogP contribution in [-0.2, 0) is 9.53 Å². The van der Waals surface area contributed by atoms with E-state index in [1.165, 1.54) is 0 Å². The number of nitrogens with one attached hydrogen (secondary N) is 1. The van der Waals surface area contributed by atoms with Crippen molar-refractivity contribution in [3.63, 3.8) is 0 Å². The Kier molecular flexibility index (Phi) is 6.88. The molecular formula is C23H29N3O3. The van der Waals surface area contributed by atoms with Crippen molar-refractivity contribution in [2.45, 2.75) is 26.8 Å². The molecule has 0 saturated carbocycles. The highest BCUT2D eigenvalue weighted by Gasteiger charge is 2.32. The molecule has 0 aromatic heterocycles. The lowest BCUT2D eigenvalue weighted by Crippen LogP contribution is -2.51. The quantitative estimate of drug-likeness (QED) is 0.837. The molecule has 1 atom stereocenters. The second-order valence-electron chi connectivity index (χ2n) is 7.40. The summed E-state index contributed by atoms with van der Waals surface area (Å²) in [6, 6.07) is 15.4. The smallest absolute Gasteiger partial charge is 0.409 e. The molecule has 1 aliphatic heterocycles. The van der Waals surface area contributed by atoms with Crippen LogP contribution in [0.1, 0.15) is 29.7 Å². The Morgan fingerprint density at radius 1 is 1.00 bits per heavy atom. The van der Waals surface area contributed by atoms with Gasteiger partial charge in [0.05, 0.1) is 6.61 Å². The number of carbonyl (C=O) groups is 2.